The molecular formula is C12H11F3N2O. The number of hydrogen-bond donors (Lipinski definition) is 1. The summed E-state index contributed by atoms with van der Waals surface area (Å²) >= 11 is 0. The SMILES string of the molecule is CCC(C)(C#N)C(=O)Nc1c(F)cc(F)cc1F. The van der Waals surface area contributed by atoms with Crippen LogP contribution in [0, 0.1) is 34.2 Å². The van der Waals surface area contributed by atoms with Gasteiger partial charge in [-0.05, 0) is 13.3 Å². The number of nitrogens with one attached hydrogen (secondary N) is 1. The van der Waals surface area contributed by atoms with Gasteiger partial charge in [-0.25, -0.2) is 13.2 Å². The van der Waals surface area contributed by atoms with Crippen molar-refractivity contribution in [3.05, 3.63) is 29.6 Å². The van der Waals surface area contributed by atoms with Crippen LogP contribution in [0.25, 0.3) is 0 Å². The third-order valence-electron chi connectivity index (χ3n) is 2.70. The number of carbonyl (C=O) groups is 1. The molecule has 6 heteroatoms. The molecule has 0 saturated carbocycles. The number of anilines is 1. The van der Waals surface area contributed by atoms with Crippen LogP contribution in [0.2, 0.25) is 0 Å². The predicted molar refractivity (Wildman–Crippen MR) is 59.0 cm³/mol. The van der Waals surface area contributed by atoms with E-state index in [9.17, 15) is 18.0 Å². The molecule has 3 nitrogen and oxygen atoms in total. The molecule has 0 aromatic heterocycles. The van der Waals surface area contributed by atoms with Crippen LogP contribution in [0.1, 0.15) is 20.3 Å². The van der Waals surface area contributed by atoms with Crippen LogP contribution in [0.15, 0.2) is 12.1 Å². The third kappa shape index (κ3) is 2.62. The van der Waals surface area contributed by atoms with Gasteiger partial charge in [0.05, 0.1) is 6.07 Å². The molecule has 0 fully saturated rings. The zero-order valence-corrected chi connectivity index (χ0v) is 9.85. The highest BCUT2D eigenvalue weighted by molar-refractivity contribution is 5.97. The summed E-state index contributed by atoms with van der Waals surface area (Å²) in [5.41, 5.74) is -2.15. The Labute approximate surface area is 102 Å². The Morgan fingerprint density at radius 3 is 2.28 bits per heavy atom. The van der Waals surface area contributed by atoms with Crippen LogP contribution >= 0.6 is 0 Å². The van der Waals surface area contributed by atoms with E-state index in [2.05, 4.69) is 0 Å². The first-order valence-electron chi connectivity index (χ1n) is 5.21. The molecule has 0 spiro atoms. The van der Waals surface area contributed by atoms with E-state index < -0.39 is 34.5 Å². The van der Waals surface area contributed by atoms with Crippen molar-refractivity contribution in [3.8, 4) is 6.07 Å². The van der Waals surface area contributed by atoms with E-state index in [4.69, 9.17) is 5.26 Å². The molecule has 0 saturated heterocycles. The fourth-order valence-electron chi connectivity index (χ4n) is 1.20. The molecule has 1 aromatic rings. The highest BCUT2D eigenvalue weighted by Gasteiger charge is 2.32. The van der Waals surface area contributed by atoms with Gasteiger partial charge in [0.25, 0.3) is 0 Å². The van der Waals surface area contributed by atoms with Gasteiger partial charge in [0.15, 0.2) is 11.6 Å². The van der Waals surface area contributed by atoms with Crippen molar-refractivity contribution in [1.82, 2.24) is 0 Å². The maximum atomic E-state index is 13.3. The number of halogens is 3. The first-order chi connectivity index (χ1) is 8.34. The van der Waals surface area contributed by atoms with Gasteiger partial charge >= 0.3 is 0 Å². The molecule has 96 valence electrons. The Morgan fingerprint density at radius 1 is 1.39 bits per heavy atom. The van der Waals surface area contributed by atoms with Crippen LogP contribution in [0.5, 0.6) is 0 Å². The minimum Gasteiger partial charge on any atom is -0.320 e. The molecule has 1 aromatic carbocycles. The summed E-state index contributed by atoms with van der Waals surface area (Å²) in [6.45, 7) is 2.95. The van der Waals surface area contributed by atoms with Crippen molar-refractivity contribution in [2.75, 3.05) is 5.32 Å². The number of amides is 1. The quantitative estimate of drug-likeness (QED) is 0.903. The molecular weight excluding hydrogens is 245 g/mol. The van der Waals surface area contributed by atoms with Gasteiger partial charge in [0.1, 0.15) is 16.9 Å². The standard InChI is InChI=1S/C12H11F3N2O/c1-3-12(2,6-16)11(18)17-10-8(14)4-7(13)5-9(10)15/h4-5H,3H2,1-2H3,(H,17,18). The normalized spacial score (nSPS) is 13.6. The number of nitriles is 1. The topological polar surface area (TPSA) is 52.9 Å². The summed E-state index contributed by atoms with van der Waals surface area (Å²) < 4.78 is 39.2. The molecule has 1 atom stereocenters. The fraction of sp³-hybridized carbons (Fsp3) is 0.333. The monoisotopic (exact) mass is 256 g/mol. The van der Waals surface area contributed by atoms with Gasteiger partial charge in [0, 0.05) is 12.1 Å². The van der Waals surface area contributed by atoms with Crippen molar-refractivity contribution in [2.24, 2.45) is 5.41 Å². The zero-order valence-electron chi connectivity index (χ0n) is 9.85. The van der Waals surface area contributed by atoms with Crippen LogP contribution in [0.3, 0.4) is 0 Å². The molecule has 1 rings (SSSR count). The van der Waals surface area contributed by atoms with E-state index in [-0.39, 0.29) is 6.42 Å². The molecule has 0 aliphatic heterocycles. The molecule has 0 aliphatic carbocycles. The van der Waals surface area contributed by atoms with Crippen molar-refractivity contribution < 1.29 is 18.0 Å². The molecule has 0 aliphatic rings. The summed E-state index contributed by atoms with van der Waals surface area (Å²) in [5, 5.41) is 10.8. The molecule has 0 heterocycles. The van der Waals surface area contributed by atoms with Gasteiger partial charge in [-0.1, -0.05) is 6.92 Å². The Morgan fingerprint density at radius 2 is 1.89 bits per heavy atom. The van der Waals surface area contributed by atoms with Crippen LogP contribution in [0.4, 0.5) is 18.9 Å². The van der Waals surface area contributed by atoms with Crippen molar-refractivity contribution in [3.63, 3.8) is 0 Å². The summed E-state index contributed by atoms with van der Waals surface area (Å²) in [5.74, 6) is -4.37. The van der Waals surface area contributed by atoms with Crippen LogP contribution < -0.4 is 5.32 Å². The first-order valence-corrected chi connectivity index (χ1v) is 5.21. The van der Waals surface area contributed by atoms with E-state index in [1.165, 1.54) is 6.92 Å². The number of benzene rings is 1. The summed E-state index contributed by atoms with van der Waals surface area (Å²) in [6, 6.07) is 2.67. The lowest BCUT2D eigenvalue weighted by Gasteiger charge is -2.19. The summed E-state index contributed by atoms with van der Waals surface area (Å²) in [4.78, 5) is 11.7. The summed E-state index contributed by atoms with van der Waals surface area (Å²) in [7, 11) is 0. The lowest BCUT2D eigenvalue weighted by atomic mass is 9.88. The zero-order chi connectivity index (χ0) is 13.9. The highest BCUT2D eigenvalue weighted by atomic mass is 19.1. The van der Waals surface area contributed by atoms with Gasteiger partial charge < -0.3 is 5.32 Å². The molecule has 1 amide bonds. The van der Waals surface area contributed by atoms with Gasteiger partial charge in [0.2, 0.25) is 5.91 Å². The van der Waals surface area contributed by atoms with Crippen LogP contribution in [-0.4, -0.2) is 5.91 Å². The highest BCUT2D eigenvalue weighted by Crippen LogP contribution is 2.25. The van der Waals surface area contributed by atoms with E-state index >= 15 is 0 Å². The minimum atomic E-state index is -1.40. The maximum absolute atomic E-state index is 13.3. The van der Waals surface area contributed by atoms with Gasteiger partial charge in [-0.2, -0.15) is 5.26 Å². The molecule has 0 bridgehead atoms. The lowest BCUT2D eigenvalue weighted by Crippen LogP contribution is -2.32. The Balaban J connectivity index is 3.07. The average molecular weight is 256 g/mol. The largest absolute Gasteiger partial charge is 0.320 e. The number of nitrogens with zero attached hydrogens (tertiary/aromatic N) is 1. The number of rotatable bonds is 3. The van der Waals surface area contributed by atoms with Gasteiger partial charge in [-0.15, -0.1) is 0 Å². The number of carbonyl (C=O) groups excluding carboxylic acids is 1. The van der Waals surface area contributed by atoms with E-state index in [0.29, 0.717) is 12.1 Å². The lowest BCUT2D eigenvalue weighted by molar-refractivity contribution is -0.122. The average Bonchev–Trinajstić information content (AvgIpc) is 2.32. The maximum Gasteiger partial charge on any atom is 0.244 e. The first kappa shape index (κ1) is 14.0. The Bertz CT molecular complexity index is 502. The Kier molecular flexibility index (Phi) is 3.96. The summed E-state index contributed by atoms with van der Waals surface area (Å²) in [6.07, 6.45) is 0.180. The van der Waals surface area contributed by atoms with Crippen molar-refractivity contribution >= 4 is 11.6 Å². The Hall–Kier alpha value is -2.03. The second kappa shape index (κ2) is 5.08. The smallest absolute Gasteiger partial charge is 0.244 e. The molecule has 1 N–H and O–H groups in total. The second-order valence-corrected chi connectivity index (χ2v) is 4.00. The van der Waals surface area contributed by atoms with E-state index in [0.717, 1.165) is 0 Å². The fourth-order valence-corrected chi connectivity index (χ4v) is 1.20. The number of hydrogen-bond acceptors (Lipinski definition) is 2. The van der Waals surface area contributed by atoms with Crippen LogP contribution in [-0.2, 0) is 4.79 Å². The molecule has 18 heavy (non-hydrogen) atoms. The van der Waals surface area contributed by atoms with Gasteiger partial charge in [-0.3, -0.25) is 4.79 Å². The minimum absolute atomic E-state index is 0.180. The predicted octanol–water partition coefficient (Wildman–Crippen LogP) is 2.98. The molecule has 0 radical (unpaired) electrons. The van der Waals surface area contributed by atoms with Crippen molar-refractivity contribution in [2.45, 2.75) is 20.3 Å². The second-order valence-electron chi connectivity index (χ2n) is 4.00. The van der Waals surface area contributed by atoms with Crippen molar-refractivity contribution in [1.29, 1.82) is 5.26 Å². The van der Waals surface area contributed by atoms with E-state index in [1.54, 1.807) is 13.0 Å². The third-order valence-corrected chi connectivity index (χ3v) is 2.70. The van der Waals surface area contributed by atoms with E-state index in [1.807, 2.05) is 5.32 Å². The molecule has 1 unspecified atom stereocenters.